The summed E-state index contributed by atoms with van der Waals surface area (Å²) in [4.78, 5) is 31.3. The van der Waals surface area contributed by atoms with Gasteiger partial charge in [0.2, 0.25) is 11.8 Å². The van der Waals surface area contributed by atoms with Crippen molar-refractivity contribution in [3.63, 3.8) is 0 Å². The molecule has 1 heterocycles. The molecule has 0 saturated carbocycles. The minimum atomic E-state index is -0.513. The molecule has 5 N–H and O–H groups in total. The fraction of sp³-hybridized carbons (Fsp3) is 0.967. The Labute approximate surface area is 429 Å². The number of nitrogens with one attached hydrogen (secondary N) is 2. The van der Waals surface area contributed by atoms with E-state index in [1.165, 1.54) is 199 Å². The monoisotopic (exact) mass is 977 g/mol. The van der Waals surface area contributed by atoms with E-state index in [1.807, 2.05) is 0 Å². The number of carbonyl (C=O) groups is 2. The van der Waals surface area contributed by atoms with Crippen LogP contribution in [0.5, 0.6) is 0 Å². The van der Waals surface area contributed by atoms with Crippen molar-refractivity contribution >= 4 is 11.8 Å². The molecule has 1 aliphatic heterocycles. The minimum absolute atomic E-state index is 0.0719. The maximum absolute atomic E-state index is 13.3. The van der Waals surface area contributed by atoms with Gasteiger partial charge in [0.15, 0.2) is 0 Å². The highest BCUT2D eigenvalue weighted by Crippen LogP contribution is 2.18. The van der Waals surface area contributed by atoms with E-state index in [0.29, 0.717) is 25.9 Å². The summed E-state index contributed by atoms with van der Waals surface area (Å²) in [6.07, 6.45) is 49.5. The van der Waals surface area contributed by atoms with Gasteiger partial charge in [0.05, 0.1) is 18.3 Å². The van der Waals surface area contributed by atoms with Crippen molar-refractivity contribution in [3.05, 3.63) is 0 Å². The average Bonchev–Trinajstić information content (AvgIpc) is 3.33. The molecule has 0 aromatic rings. The van der Waals surface area contributed by atoms with E-state index >= 15 is 0 Å². The molecule has 0 bridgehead atoms. The highest BCUT2D eigenvalue weighted by molar-refractivity contribution is 5.96. The van der Waals surface area contributed by atoms with E-state index in [0.717, 1.165) is 90.4 Å². The van der Waals surface area contributed by atoms with Crippen LogP contribution in [0.15, 0.2) is 0 Å². The van der Waals surface area contributed by atoms with E-state index in [-0.39, 0.29) is 17.9 Å². The predicted molar refractivity (Wildman–Crippen MR) is 296 cm³/mol. The topological polar surface area (TPSA) is 125 Å². The first-order chi connectivity index (χ1) is 33.7. The third kappa shape index (κ3) is 40.9. The normalized spacial score (nSPS) is 16.7. The SMILES string of the molecule is CCCCCCCCCCCCN(CCCCC1NC(=O)C(CCCCN(CC(O)CCCCCCCCCC)CC(O)CCCCCCCCCC)NC1=O)CC(O)CCCCCCCCCC. The summed E-state index contributed by atoms with van der Waals surface area (Å²) < 4.78 is 0. The molecular weight excluding hydrogens is 857 g/mol. The Hall–Kier alpha value is -1.26. The van der Waals surface area contributed by atoms with Gasteiger partial charge < -0.3 is 30.9 Å². The number of amides is 2. The molecular formula is C60H120N4O5. The molecule has 0 aromatic heterocycles. The van der Waals surface area contributed by atoms with Gasteiger partial charge in [-0.25, -0.2) is 0 Å². The fourth-order valence-electron chi connectivity index (χ4n) is 10.5. The van der Waals surface area contributed by atoms with Crippen molar-refractivity contribution in [2.75, 3.05) is 39.3 Å². The second-order valence-corrected chi connectivity index (χ2v) is 22.1. The van der Waals surface area contributed by atoms with Crippen LogP contribution in [0.1, 0.15) is 304 Å². The molecule has 9 nitrogen and oxygen atoms in total. The lowest BCUT2D eigenvalue weighted by Gasteiger charge is -2.30. The number of piperazine rings is 1. The van der Waals surface area contributed by atoms with Gasteiger partial charge in [-0.05, 0) is 83.8 Å². The summed E-state index contributed by atoms with van der Waals surface area (Å²) in [6, 6.07) is -1.00. The quantitative estimate of drug-likeness (QED) is 0.0384. The zero-order valence-corrected chi connectivity index (χ0v) is 46.6. The molecule has 1 aliphatic rings. The van der Waals surface area contributed by atoms with Gasteiger partial charge in [0.1, 0.15) is 12.1 Å². The summed E-state index contributed by atoms with van der Waals surface area (Å²) in [5.74, 6) is -0.151. The Kier molecular flexibility index (Phi) is 46.7. The summed E-state index contributed by atoms with van der Waals surface area (Å²) in [6.45, 7) is 13.6. The van der Waals surface area contributed by atoms with Crippen LogP contribution in [0.25, 0.3) is 0 Å². The van der Waals surface area contributed by atoms with Gasteiger partial charge in [-0.1, -0.05) is 240 Å². The van der Waals surface area contributed by atoms with Crippen molar-refractivity contribution in [1.29, 1.82) is 0 Å². The Morgan fingerprint density at radius 3 is 0.870 bits per heavy atom. The Balaban J connectivity index is 2.56. The minimum Gasteiger partial charge on any atom is -0.392 e. The van der Waals surface area contributed by atoms with Gasteiger partial charge >= 0.3 is 0 Å². The first-order valence-electron chi connectivity index (χ1n) is 30.8. The molecule has 0 spiro atoms. The number of hydrogen-bond donors (Lipinski definition) is 5. The molecule has 0 radical (unpaired) electrons. The van der Waals surface area contributed by atoms with Gasteiger partial charge in [-0.3, -0.25) is 14.5 Å². The van der Waals surface area contributed by atoms with E-state index < -0.39 is 24.3 Å². The standard InChI is InChI=1S/C60H120N4O5/c1-5-9-13-17-21-25-26-30-34-40-48-63(51-54(65)43-35-31-27-22-18-14-10-6-2)49-41-38-46-57-59(68)62-58(60(69)61-57)47-39-42-50-64(52-55(66)44-36-32-28-23-19-15-11-7-3)53-56(67)45-37-33-29-24-20-16-12-8-4/h54-58,65-67H,5-53H2,1-4H3,(H,61,69)(H,62,68). The molecule has 410 valence electrons. The largest absolute Gasteiger partial charge is 0.392 e. The van der Waals surface area contributed by atoms with E-state index in [4.69, 9.17) is 0 Å². The lowest BCUT2D eigenvalue weighted by Crippen LogP contribution is -2.61. The second-order valence-electron chi connectivity index (χ2n) is 22.1. The molecule has 0 aliphatic carbocycles. The second kappa shape index (κ2) is 49.0. The fourth-order valence-corrected chi connectivity index (χ4v) is 10.5. The molecule has 0 aromatic carbocycles. The molecule has 5 atom stereocenters. The first kappa shape index (κ1) is 65.8. The number of aliphatic hydroxyl groups excluding tert-OH is 3. The van der Waals surface area contributed by atoms with E-state index in [2.05, 4.69) is 48.1 Å². The van der Waals surface area contributed by atoms with Crippen LogP contribution >= 0.6 is 0 Å². The highest BCUT2D eigenvalue weighted by atomic mass is 16.3. The van der Waals surface area contributed by atoms with Gasteiger partial charge in [-0.2, -0.15) is 0 Å². The summed E-state index contributed by atoms with van der Waals surface area (Å²) in [7, 11) is 0. The van der Waals surface area contributed by atoms with Gasteiger partial charge in [0, 0.05) is 19.6 Å². The number of hydrogen-bond acceptors (Lipinski definition) is 7. The van der Waals surface area contributed by atoms with E-state index in [1.54, 1.807) is 0 Å². The smallest absolute Gasteiger partial charge is 0.243 e. The Bertz CT molecular complexity index is 1090. The van der Waals surface area contributed by atoms with Crippen molar-refractivity contribution < 1.29 is 24.9 Å². The Morgan fingerprint density at radius 1 is 0.333 bits per heavy atom. The van der Waals surface area contributed by atoms with Crippen molar-refractivity contribution in [2.45, 2.75) is 334 Å². The number of unbranched alkanes of at least 4 members (excludes halogenated alkanes) is 32. The molecule has 1 rings (SSSR count). The maximum Gasteiger partial charge on any atom is 0.243 e. The number of aliphatic hydroxyl groups is 3. The number of carbonyl (C=O) groups excluding carboxylic acids is 2. The molecule has 1 saturated heterocycles. The molecule has 69 heavy (non-hydrogen) atoms. The van der Waals surface area contributed by atoms with Gasteiger partial charge in [-0.15, -0.1) is 0 Å². The first-order valence-corrected chi connectivity index (χ1v) is 30.8. The molecule has 9 heteroatoms. The van der Waals surface area contributed by atoms with Gasteiger partial charge in [0.25, 0.3) is 0 Å². The Morgan fingerprint density at radius 2 is 0.565 bits per heavy atom. The summed E-state index contributed by atoms with van der Waals surface area (Å²) >= 11 is 0. The lowest BCUT2D eigenvalue weighted by atomic mass is 10.0. The third-order valence-corrected chi connectivity index (χ3v) is 15.1. The van der Waals surface area contributed by atoms with Crippen LogP contribution in [0.2, 0.25) is 0 Å². The zero-order chi connectivity index (χ0) is 50.3. The molecule has 2 amide bonds. The van der Waals surface area contributed by atoms with Crippen LogP contribution in [0.3, 0.4) is 0 Å². The highest BCUT2D eigenvalue weighted by Gasteiger charge is 2.33. The average molecular weight is 978 g/mol. The van der Waals surface area contributed by atoms with Crippen LogP contribution in [0, 0.1) is 0 Å². The number of nitrogens with zero attached hydrogens (tertiary/aromatic N) is 2. The van der Waals surface area contributed by atoms with Crippen LogP contribution in [0.4, 0.5) is 0 Å². The van der Waals surface area contributed by atoms with Crippen LogP contribution in [-0.2, 0) is 9.59 Å². The van der Waals surface area contributed by atoms with Crippen LogP contribution in [-0.4, -0.2) is 107 Å². The maximum atomic E-state index is 13.3. The third-order valence-electron chi connectivity index (χ3n) is 15.1. The summed E-state index contributed by atoms with van der Waals surface area (Å²) in [5, 5.41) is 39.3. The number of rotatable bonds is 54. The van der Waals surface area contributed by atoms with Crippen molar-refractivity contribution in [3.8, 4) is 0 Å². The van der Waals surface area contributed by atoms with E-state index in [9.17, 15) is 24.9 Å². The predicted octanol–water partition coefficient (Wildman–Crippen LogP) is 14.5. The molecule has 1 fully saturated rings. The van der Waals surface area contributed by atoms with Crippen LogP contribution < -0.4 is 10.6 Å². The lowest BCUT2D eigenvalue weighted by molar-refractivity contribution is -0.137. The summed E-state index contributed by atoms with van der Waals surface area (Å²) in [5.41, 5.74) is 0. The molecule has 5 unspecified atom stereocenters. The zero-order valence-electron chi connectivity index (χ0n) is 46.6. The van der Waals surface area contributed by atoms with Crippen molar-refractivity contribution in [2.24, 2.45) is 0 Å². The van der Waals surface area contributed by atoms with Crippen molar-refractivity contribution in [1.82, 2.24) is 20.4 Å².